The number of carbonyl (C=O) groups excluding carboxylic acids is 1. The number of amides is 1. The molecule has 0 fully saturated rings. The molecule has 0 aromatic carbocycles. The molecule has 6 nitrogen and oxygen atoms in total. The molecule has 2 aromatic heterocycles. The highest BCUT2D eigenvalue weighted by molar-refractivity contribution is 9.10. The van der Waals surface area contributed by atoms with Crippen LogP contribution in [0.4, 0.5) is 0 Å². The van der Waals surface area contributed by atoms with Crippen LogP contribution in [0.15, 0.2) is 23.1 Å². The fraction of sp³-hybridized carbons (Fsp3) is 0.500. The predicted octanol–water partition coefficient (Wildman–Crippen LogP) is 3.13. The Balaban J connectivity index is 2.11. The number of likely N-dealkylation sites (N-methyl/N-ethyl adjacent to an activating group) is 1. The average molecular weight is 389 g/mol. The summed E-state index contributed by atoms with van der Waals surface area (Å²) in [5.41, 5.74) is 0.705. The second kappa shape index (κ2) is 7.28. The first-order chi connectivity index (χ1) is 10.5. The van der Waals surface area contributed by atoms with Crippen LogP contribution in [0.1, 0.15) is 32.0 Å². The topological polar surface area (TPSA) is 56.0 Å². The van der Waals surface area contributed by atoms with E-state index >= 15 is 0 Å². The first-order valence-electron chi connectivity index (χ1n) is 7.12. The second-order valence-electron chi connectivity index (χ2n) is 5.04. The molecule has 0 saturated carbocycles. The van der Waals surface area contributed by atoms with Crippen molar-refractivity contribution >= 4 is 33.4 Å². The smallest absolute Gasteiger partial charge is 0.247 e. The highest BCUT2D eigenvalue weighted by atomic mass is 79.9. The lowest BCUT2D eigenvalue weighted by molar-refractivity contribution is -0.134. The van der Waals surface area contributed by atoms with E-state index in [1.54, 1.807) is 39.9 Å². The van der Waals surface area contributed by atoms with Gasteiger partial charge in [-0.05, 0) is 29.3 Å². The third kappa shape index (κ3) is 3.70. The molecular formula is C14H19BrClN5O. The highest BCUT2D eigenvalue weighted by Crippen LogP contribution is 2.20. The van der Waals surface area contributed by atoms with Gasteiger partial charge in [-0.15, -0.1) is 0 Å². The Morgan fingerprint density at radius 3 is 2.68 bits per heavy atom. The molecule has 0 radical (unpaired) electrons. The fourth-order valence-electron chi connectivity index (χ4n) is 2.22. The largest absolute Gasteiger partial charge is 0.338 e. The maximum absolute atomic E-state index is 12.6. The zero-order chi connectivity index (χ0) is 16.3. The summed E-state index contributed by atoms with van der Waals surface area (Å²) in [6.07, 6.45) is 5.92. The number of hydrogen-bond acceptors (Lipinski definition) is 3. The van der Waals surface area contributed by atoms with Crippen LogP contribution in [0, 0.1) is 0 Å². The molecule has 0 aliphatic rings. The summed E-state index contributed by atoms with van der Waals surface area (Å²) in [7, 11) is 1.75. The van der Waals surface area contributed by atoms with E-state index in [2.05, 4.69) is 26.1 Å². The molecule has 0 aliphatic heterocycles. The molecule has 120 valence electrons. The van der Waals surface area contributed by atoms with Crippen molar-refractivity contribution in [2.24, 2.45) is 0 Å². The van der Waals surface area contributed by atoms with Crippen LogP contribution in [-0.2, 0) is 17.9 Å². The molecular weight excluding hydrogens is 370 g/mol. The number of hydrogen-bond donors (Lipinski definition) is 0. The quantitative estimate of drug-likeness (QED) is 0.764. The summed E-state index contributed by atoms with van der Waals surface area (Å²) in [6.45, 7) is 5.08. The maximum Gasteiger partial charge on any atom is 0.247 e. The van der Waals surface area contributed by atoms with Gasteiger partial charge in [0.05, 0.1) is 22.2 Å². The van der Waals surface area contributed by atoms with Gasteiger partial charge in [0.2, 0.25) is 5.91 Å². The van der Waals surface area contributed by atoms with E-state index in [0.29, 0.717) is 23.7 Å². The van der Waals surface area contributed by atoms with Crippen molar-refractivity contribution in [3.63, 3.8) is 0 Å². The summed E-state index contributed by atoms with van der Waals surface area (Å²) in [4.78, 5) is 14.3. The Morgan fingerprint density at radius 2 is 2.18 bits per heavy atom. The zero-order valence-corrected chi connectivity index (χ0v) is 15.2. The molecule has 1 amide bonds. The number of aromatic nitrogens is 4. The molecule has 0 bridgehead atoms. The van der Waals surface area contributed by atoms with Gasteiger partial charge < -0.3 is 4.90 Å². The van der Waals surface area contributed by atoms with E-state index in [4.69, 9.17) is 11.6 Å². The van der Waals surface area contributed by atoms with Crippen LogP contribution >= 0.6 is 27.5 Å². The average Bonchev–Trinajstić information content (AvgIpc) is 3.06. The lowest BCUT2D eigenvalue weighted by Gasteiger charge is -2.22. The Morgan fingerprint density at radius 1 is 1.45 bits per heavy atom. The van der Waals surface area contributed by atoms with Gasteiger partial charge in [-0.1, -0.05) is 18.5 Å². The third-order valence-corrected chi connectivity index (χ3v) is 4.16. The molecule has 0 aliphatic carbocycles. The SMILES string of the molecule is CCC(C(=O)N(C)Cc1nn(CC)cc1Cl)n1cc(Br)cn1. The van der Waals surface area contributed by atoms with E-state index < -0.39 is 0 Å². The van der Waals surface area contributed by atoms with Gasteiger partial charge in [-0.2, -0.15) is 10.2 Å². The van der Waals surface area contributed by atoms with Gasteiger partial charge >= 0.3 is 0 Å². The Hall–Kier alpha value is -1.34. The predicted molar refractivity (Wildman–Crippen MR) is 88.6 cm³/mol. The maximum atomic E-state index is 12.6. The molecule has 2 aromatic rings. The van der Waals surface area contributed by atoms with E-state index in [-0.39, 0.29) is 11.9 Å². The highest BCUT2D eigenvalue weighted by Gasteiger charge is 2.24. The van der Waals surface area contributed by atoms with Gasteiger partial charge in [0.15, 0.2) is 0 Å². The van der Waals surface area contributed by atoms with E-state index in [1.807, 2.05) is 13.8 Å². The van der Waals surface area contributed by atoms with Crippen LogP contribution < -0.4 is 0 Å². The minimum Gasteiger partial charge on any atom is -0.338 e. The monoisotopic (exact) mass is 387 g/mol. The summed E-state index contributed by atoms with van der Waals surface area (Å²) in [5.74, 6) is -0.0137. The molecule has 0 saturated heterocycles. The third-order valence-electron chi connectivity index (χ3n) is 3.44. The minimum atomic E-state index is -0.330. The zero-order valence-electron chi connectivity index (χ0n) is 12.8. The van der Waals surface area contributed by atoms with Crippen molar-refractivity contribution in [3.05, 3.63) is 33.8 Å². The minimum absolute atomic E-state index is 0.0137. The van der Waals surface area contributed by atoms with E-state index in [1.165, 1.54) is 0 Å². The summed E-state index contributed by atoms with van der Waals surface area (Å²) < 4.78 is 4.29. The lowest BCUT2D eigenvalue weighted by atomic mass is 10.2. The molecule has 0 spiro atoms. The first kappa shape index (κ1) is 17.0. The molecule has 2 heterocycles. The fourth-order valence-corrected chi connectivity index (χ4v) is 2.73. The van der Waals surface area contributed by atoms with Crippen molar-refractivity contribution < 1.29 is 4.79 Å². The normalized spacial score (nSPS) is 12.4. The van der Waals surface area contributed by atoms with Crippen LogP contribution in [0.2, 0.25) is 5.02 Å². The standard InChI is InChI=1S/C14H19BrClN5O/c1-4-13(21-7-10(15)6-17-21)14(22)19(3)9-12-11(16)8-20(5-2)18-12/h6-8,13H,4-5,9H2,1-3H3. The summed E-state index contributed by atoms with van der Waals surface area (Å²) in [5, 5.41) is 9.16. The summed E-state index contributed by atoms with van der Waals surface area (Å²) >= 11 is 9.51. The lowest BCUT2D eigenvalue weighted by Crippen LogP contribution is -2.34. The van der Waals surface area contributed by atoms with Crippen molar-refractivity contribution in [1.82, 2.24) is 24.5 Å². The van der Waals surface area contributed by atoms with Gasteiger partial charge in [0, 0.05) is 26.0 Å². The Labute approximate surface area is 143 Å². The molecule has 22 heavy (non-hydrogen) atoms. The van der Waals surface area contributed by atoms with Gasteiger partial charge in [-0.25, -0.2) is 0 Å². The molecule has 8 heteroatoms. The number of rotatable bonds is 6. The van der Waals surface area contributed by atoms with Gasteiger partial charge in [0.25, 0.3) is 0 Å². The van der Waals surface area contributed by atoms with Crippen molar-refractivity contribution in [2.75, 3.05) is 7.05 Å². The van der Waals surface area contributed by atoms with Crippen LogP contribution in [0.5, 0.6) is 0 Å². The summed E-state index contributed by atoms with van der Waals surface area (Å²) in [6, 6.07) is -0.330. The molecule has 2 rings (SSSR count). The molecule has 1 unspecified atom stereocenters. The van der Waals surface area contributed by atoms with Gasteiger partial charge in [-0.3, -0.25) is 14.2 Å². The van der Waals surface area contributed by atoms with E-state index in [0.717, 1.165) is 11.0 Å². The van der Waals surface area contributed by atoms with Crippen molar-refractivity contribution in [1.29, 1.82) is 0 Å². The number of nitrogens with zero attached hydrogens (tertiary/aromatic N) is 5. The number of carbonyl (C=O) groups is 1. The molecule has 1 atom stereocenters. The first-order valence-corrected chi connectivity index (χ1v) is 8.29. The van der Waals surface area contributed by atoms with E-state index in [9.17, 15) is 4.79 Å². The van der Waals surface area contributed by atoms with Crippen LogP contribution in [0.25, 0.3) is 0 Å². The van der Waals surface area contributed by atoms with Crippen molar-refractivity contribution in [2.45, 2.75) is 39.4 Å². The van der Waals surface area contributed by atoms with Crippen LogP contribution in [0.3, 0.4) is 0 Å². The Kier molecular flexibility index (Phi) is 5.63. The van der Waals surface area contributed by atoms with Gasteiger partial charge in [0.1, 0.15) is 11.7 Å². The van der Waals surface area contributed by atoms with Crippen LogP contribution in [-0.4, -0.2) is 37.4 Å². The Bertz CT molecular complexity index is 653. The van der Waals surface area contributed by atoms with Crippen molar-refractivity contribution in [3.8, 4) is 0 Å². The number of halogens is 2. The molecule has 0 N–H and O–H groups in total. The second-order valence-corrected chi connectivity index (χ2v) is 6.36. The number of aryl methyl sites for hydroxylation is 1.